The first kappa shape index (κ1) is 15.0. The van der Waals surface area contributed by atoms with Gasteiger partial charge in [0, 0.05) is 29.6 Å². The molecule has 0 bridgehead atoms. The standard InChI is InChI=1S/C18H22FN3/c1-2-18-10-13(11-20)17(9-14(18)7-8-21-12-18)22-16-5-3-15(19)4-6-16/h2-6,11,14,20-22H,1,7-10,12H2. The fourth-order valence-electron chi connectivity index (χ4n) is 3.67. The van der Waals surface area contributed by atoms with Crippen LogP contribution in [0.15, 0.2) is 48.2 Å². The second kappa shape index (κ2) is 6.05. The SMILES string of the molecule is C=CC12CNCCC1CC(Nc1ccc(F)cc1)=C(C=N)C2. The molecular formula is C18H22FN3. The maximum absolute atomic E-state index is 13.0. The Morgan fingerprint density at radius 2 is 2.14 bits per heavy atom. The van der Waals surface area contributed by atoms with Crippen molar-refractivity contribution in [1.29, 1.82) is 5.41 Å². The van der Waals surface area contributed by atoms with Gasteiger partial charge in [0.2, 0.25) is 0 Å². The molecular weight excluding hydrogens is 277 g/mol. The molecule has 0 saturated carbocycles. The van der Waals surface area contributed by atoms with E-state index < -0.39 is 0 Å². The number of halogens is 1. The van der Waals surface area contributed by atoms with E-state index in [0.29, 0.717) is 5.92 Å². The quantitative estimate of drug-likeness (QED) is 0.586. The molecule has 2 aliphatic rings. The van der Waals surface area contributed by atoms with Crippen LogP contribution in [0.4, 0.5) is 10.1 Å². The van der Waals surface area contributed by atoms with Crippen molar-refractivity contribution < 1.29 is 4.39 Å². The number of benzene rings is 1. The normalized spacial score (nSPS) is 28.0. The molecule has 1 heterocycles. The summed E-state index contributed by atoms with van der Waals surface area (Å²) in [6.07, 6.45) is 6.38. The van der Waals surface area contributed by atoms with E-state index in [9.17, 15) is 4.39 Å². The Balaban J connectivity index is 1.88. The lowest BCUT2D eigenvalue weighted by molar-refractivity contribution is 0.157. The molecule has 1 aliphatic heterocycles. The van der Waals surface area contributed by atoms with Gasteiger partial charge in [0.15, 0.2) is 0 Å². The van der Waals surface area contributed by atoms with Gasteiger partial charge in [-0.15, -0.1) is 6.58 Å². The summed E-state index contributed by atoms with van der Waals surface area (Å²) in [4.78, 5) is 0. The molecule has 2 unspecified atom stereocenters. The van der Waals surface area contributed by atoms with E-state index in [1.165, 1.54) is 18.3 Å². The molecule has 1 saturated heterocycles. The Labute approximate surface area is 130 Å². The van der Waals surface area contributed by atoms with Crippen LogP contribution in [0, 0.1) is 22.6 Å². The first-order valence-corrected chi connectivity index (χ1v) is 7.76. The Bertz CT molecular complexity index is 605. The number of nitrogens with one attached hydrogen (secondary N) is 3. The van der Waals surface area contributed by atoms with Crippen LogP contribution in [0.1, 0.15) is 19.3 Å². The molecule has 0 aromatic heterocycles. The first-order valence-electron chi connectivity index (χ1n) is 7.76. The summed E-state index contributed by atoms with van der Waals surface area (Å²) in [6, 6.07) is 6.38. The van der Waals surface area contributed by atoms with Crippen LogP contribution in [0.2, 0.25) is 0 Å². The zero-order chi connectivity index (χ0) is 15.6. The van der Waals surface area contributed by atoms with E-state index in [0.717, 1.165) is 49.3 Å². The molecule has 1 aliphatic carbocycles. The van der Waals surface area contributed by atoms with Gasteiger partial charge in [0.05, 0.1) is 0 Å². The van der Waals surface area contributed by atoms with Crippen molar-refractivity contribution >= 4 is 11.9 Å². The molecule has 1 aromatic rings. The Kier molecular flexibility index (Phi) is 4.12. The van der Waals surface area contributed by atoms with Gasteiger partial charge in [-0.05, 0) is 61.6 Å². The van der Waals surface area contributed by atoms with Crippen LogP contribution in [-0.4, -0.2) is 19.3 Å². The summed E-state index contributed by atoms with van der Waals surface area (Å²) < 4.78 is 13.0. The summed E-state index contributed by atoms with van der Waals surface area (Å²) in [5, 5.41) is 14.6. The number of piperidine rings is 1. The van der Waals surface area contributed by atoms with Crippen LogP contribution in [0.25, 0.3) is 0 Å². The van der Waals surface area contributed by atoms with Crippen molar-refractivity contribution in [2.75, 3.05) is 18.4 Å². The van der Waals surface area contributed by atoms with Crippen molar-refractivity contribution in [1.82, 2.24) is 5.32 Å². The van der Waals surface area contributed by atoms with Gasteiger partial charge >= 0.3 is 0 Å². The molecule has 0 amide bonds. The average molecular weight is 299 g/mol. The van der Waals surface area contributed by atoms with Gasteiger partial charge in [-0.1, -0.05) is 6.08 Å². The minimum atomic E-state index is -0.237. The molecule has 4 heteroatoms. The van der Waals surface area contributed by atoms with Gasteiger partial charge in [-0.25, -0.2) is 4.39 Å². The largest absolute Gasteiger partial charge is 0.359 e. The van der Waals surface area contributed by atoms with Gasteiger partial charge in [-0.2, -0.15) is 0 Å². The van der Waals surface area contributed by atoms with Gasteiger partial charge in [-0.3, -0.25) is 0 Å². The zero-order valence-electron chi connectivity index (χ0n) is 12.7. The minimum Gasteiger partial charge on any atom is -0.359 e. The van der Waals surface area contributed by atoms with Crippen molar-refractivity contribution in [3.05, 3.63) is 54.0 Å². The van der Waals surface area contributed by atoms with Crippen molar-refractivity contribution in [3.8, 4) is 0 Å². The molecule has 1 fully saturated rings. The monoisotopic (exact) mass is 299 g/mol. The van der Waals surface area contributed by atoms with E-state index in [1.54, 1.807) is 12.1 Å². The van der Waals surface area contributed by atoms with Crippen molar-refractivity contribution in [2.24, 2.45) is 11.3 Å². The highest BCUT2D eigenvalue weighted by Gasteiger charge is 2.42. The van der Waals surface area contributed by atoms with Gasteiger partial charge in [0.25, 0.3) is 0 Å². The molecule has 3 rings (SSSR count). The lowest BCUT2D eigenvalue weighted by Gasteiger charge is -2.46. The number of rotatable bonds is 4. The topological polar surface area (TPSA) is 47.9 Å². The smallest absolute Gasteiger partial charge is 0.123 e. The predicted molar refractivity (Wildman–Crippen MR) is 88.7 cm³/mol. The molecule has 22 heavy (non-hydrogen) atoms. The maximum Gasteiger partial charge on any atom is 0.123 e. The average Bonchev–Trinajstić information content (AvgIpc) is 2.56. The fraction of sp³-hybridized carbons (Fsp3) is 0.389. The molecule has 1 aromatic carbocycles. The lowest BCUT2D eigenvalue weighted by Crippen LogP contribution is -2.48. The van der Waals surface area contributed by atoms with Crippen LogP contribution in [0.3, 0.4) is 0 Å². The van der Waals surface area contributed by atoms with Gasteiger partial charge in [0.1, 0.15) is 5.82 Å². The Morgan fingerprint density at radius 1 is 1.36 bits per heavy atom. The second-order valence-electron chi connectivity index (χ2n) is 6.26. The summed E-state index contributed by atoms with van der Waals surface area (Å²) in [7, 11) is 0. The van der Waals surface area contributed by atoms with E-state index in [-0.39, 0.29) is 11.2 Å². The van der Waals surface area contributed by atoms with Crippen LogP contribution in [0.5, 0.6) is 0 Å². The Hall–Kier alpha value is -1.94. The van der Waals surface area contributed by atoms with E-state index in [4.69, 9.17) is 5.41 Å². The molecule has 3 N–H and O–H groups in total. The van der Waals surface area contributed by atoms with E-state index in [1.807, 2.05) is 0 Å². The molecule has 116 valence electrons. The highest BCUT2D eigenvalue weighted by atomic mass is 19.1. The third-order valence-electron chi connectivity index (χ3n) is 5.01. The van der Waals surface area contributed by atoms with Gasteiger partial charge < -0.3 is 16.0 Å². The minimum absolute atomic E-state index is 0.0547. The third-order valence-corrected chi connectivity index (χ3v) is 5.01. The number of allylic oxidation sites excluding steroid dienone is 2. The molecule has 0 radical (unpaired) electrons. The summed E-state index contributed by atoms with van der Waals surface area (Å²) in [6.45, 7) is 6.01. The van der Waals surface area contributed by atoms with Crippen LogP contribution >= 0.6 is 0 Å². The van der Waals surface area contributed by atoms with Crippen molar-refractivity contribution in [2.45, 2.75) is 19.3 Å². The molecule has 2 atom stereocenters. The highest BCUT2D eigenvalue weighted by Crippen LogP contribution is 2.47. The Morgan fingerprint density at radius 3 is 2.82 bits per heavy atom. The summed E-state index contributed by atoms with van der Waals surface area (Å²) >= 11 is 0. The zero-order valence-corrected chi connectivity index (χ0v) is 12.7. The summed E-state index contributed by atoms with van der Waals surface area (Å²) in [5.74, 6) is 0.303. The third kappa shape index (κ3) is 2.71. The first-order chi connectivity index (χ1) is 10.7. The number of anilines is 1. The lowest BCUT2D eigenvalue weighted by atomic mass is 9.63. The second-order valence-corrected chi connectivity index (χ2v) is 6.26. The predicted octanol–water partition coefficient (Wildman–Crippen LogP) is 3.72. The van der Waals surface area contributed by atoms with E-state index in [2.05, 4.69) is 23.3 Å². The van der Waals surface area contributed by atoms with E-state index >= 15 is 0 Å². The summed E-state index contributed by atoms with van der Waals surface area (Å²) in [5.41, 5.74) is 3.03. The number of hydrogen-bond acceptors (Lipinski definition) is 3. The maximum atomic E-state index is 13.0. The molecule has 3 nitrogen and oxygen atoms in total. The highest BCUT2D eigenvalue weighted by molar-refractivity contribution is 5.79. The van der Waals surface area contributed by atoms with Crippen LogP contribution < -0.4 is 10.6 Å². The molecule has 0 spiro atoms. The number of hydrogen-bond donors (Lipinski definition) is 3. The fourth-order valence-corrected chi connectivity index (χ4v) is 3.67. The van der Waals surface area contributed by atoms with Crippen LogP contribution in [-0.2, 0) is 0 Å². The van der Waals surface area contributed by atoms with Crippen molar-refractivity contribution in [3.63, 3.8) is 0 Å². The number of fused-ring (bicyclic) bond motifs is 1.